The van der Waals surface area contributed by atoms with Crippen LogP contribution < -0.4 is 5.32 Å². The Morgan fingerprint density at radius 1 is 1.44 bits per heavy atom. The molecule has 1 aliphatic carbocycles. The smallest absolute Gasteiger partial charge is 0.0225 e. The van der Waals surface area contributed by atoms with Crippen molar-refractivity contribution in [1.29, 1.82) is 0 Å². The van der Waals surface area contributed by atoms with Gasteiger partial charge >= 0.3 is 0 Å². The van der Waals surface area contributed by atoms with Gasteiger partial charge in [-0.3, -0.25) is 0 Å². The minimum absolute atomic E-state index is 0.312. The van der Waals surface area contributed by atoms with Gasteiger partial charge in [-0.25, -0.2) is 0 Å². The van der Waals surface area contributed by atoms with Gasteiger partial charge in [0.15, 0.2) is 0 Å². The summed E-state index contributed by atoms with van der Waals surface area (Å²) in [6.45, 7) is 9.00. The Morgan fingerprint density at radius 2 is 2.19 bits per heavy atom. The molecule has 2 nitrogen and oxygen atoms in total. The van der Waals surface area contributed by atoms with Crippen LogP contribution in [0.5, 0.6) is 0 Å². The molecular formula is C14H24N2. The second-order valence-electron chi connectivity index (χ2n) is 5.61. The van der Waals surface area contributed by atoms with E-state index >= 15 is 0 Å². The van der Waals surface area contributed by atoms with E-state index in [0.29, 0.717) is 5.54 Å². The summed E-state index contributed by atoms with van der Waals surface area (Å²) in [7, 11) is 0. The number of nitrogens with zero attached hydrogens (tertiary/aromatic N) is 1. The summed E-state index contributed by atoms with van der Waals surface area (Å²) in [5.74, 6) is 0.894. The van der Waals surface area contributed by atoms with Crippen molar-refractivity contribution >= 4 is 0 Å². The van der Waals surface area contributed by atoms with Crippen LogP contribution in [0.1, 0.15) is 45.6 Å². The van der Waals surface area contributed by atoms with Gasteiger partial charge in [-0.15, -0.1) is 0 Å². The van der Waals surface area contributed by atoms with Gasteiger partial charge in [0.1, 0.15) is 0 Å². The van der Waals surface area contributed by atoms with E-state index in [1.807, 2.05) is 0 Å². The fourth-order valence-electron chi connectivity index (χ4n) is 2.27. The van der Waals surface area contributed by atoms with Crippen molar-refractivity contribution in [2.75, 3.05) is 0 Å². The van der Waals surface area contributed by atoms with Crippen LogP contribution in [0, 0.1) is 5.92 Å². The second-order valence-corrected chi connectivity index (χ2v) is 5.61. The Balaban J connectivity index is 1.84. The summed E-state index contributed by atoms with van der Waals surface area (Å²) < 4.78 is 2.28. The largest absolute Gasteiger partial charge is 0.354 e. The van der Waals surface area contributed by atoms with E-state index in [-0.39, 0.29) is 0 Å². The molecule has 0 saturated heterocycles. The van der Waals surface area contributed by atoms with Crippen LogP contribution in [0.15, 0.2) is 18.5 Å². The molecule has 0 aromatic carbocycles. The van der Waals surface area contributed by atoms with E-state index in [1.54, 1.807) is 0 Å². The number of aromatic nitrogens is 1. The molecular weight excluding hydrogens is 196 g/mol. The van der Waals surface area contributed by atoms with Crippen molar-refractivity contribution in [2.45, 2.75) is 58.7 Å². The zero-order chi connectivity index (χ0) is 11.6. The molecule has 90 valence electrons. The second kappa shape index (κ2) is 4.62. The monoisotopic (exact) mass is 220 g/mol. The first-order chi connectivity index (χ1) is 7.62. The van der Waals surface area contributed by atoms with Gasteiger partial charge in [-0.1, -0.05) is 6.92 Å². The molecule has 2 rings (SSSR count). The molecule has 1 heterocycles. The number of hydrogen-bond donors (Lipinski definition) is 1. The third kappa shape index (κ3) is 2.88. The SMILES string of the molecule is CCCn1ccc(CNC(C)(C)C2CC2)c1. The Hall–Kier alpha value is -0.760. The van der Waals surface area contributed by atoms with Crippen LogP contribution in [-0.2, 0) is 13.1 Å². The van der Waals surface area contributed by atoms with Crippen LogP contribution in [0.25, 0.3) is 0 Å². The molecule has 1 aromatic rings. The van der Waals surface area contributed by atoms with Crippen molar-refractivity contribution in [3.63, 3.8) is 0 Å². The van der Waals surface area contributed by atoms with Gasteiger partial charge in [-0.05, 0) is 50.7 Å². The lowest BCUT2D eigenvalue weighted by molar-refractivity contribution is 0.339. The van der Waals surface area contributed by atoms with Crippen LogP contribution in [0.3, 0.4) is 0 Å². The molecule has 0 spiro atoms. The third-order valence-corrected chi connectivity index (χ3v) is 3.64. The molecule has 0 unspecified atom stereocenters. The first-order valence-electron chi connectivity index (χ1n) is 6.51. The quantitative estimate of drug-likeness (QED) is 0.779. The first kappa shape index (κ1) is 11.7. The van der Waals surface area contributed by atoms with Gasteiger partial charge in [0.05, 0.1) is 0 Å². The minimum Gasteiger partial charge on any atom is -0.354 e. The molecule has 16 heavy (non-hydrogen) atoms. The van der Waals surface area contributed by atoms with E-state index in [0.717, 1.165) is 19.0 Å². The van der Waals surface area contributed by atoms with Crippen LogP contribution in [0.4, 0.5) is 0 Å². The summed E-state index contributed by atoms with van der Waals surface area (Å²) in [5, 5.41) is 3.68. The minimum atomic E-state index is 0.312. The molecule has 0 amide bonds. The topological polar surface area (TPSA) is 17.0 Å². The fourth-order valence-corrected chi connectivity index (χ4v) is 2.27. The highest BCUT2D eigenvalue weighted by atomic mass is 15.0. The molecule has 1 fully saturated rings. The highest BCUT2D eigenvalue weighted by Gasteiger charge is 2.37. The molecule has 1 aromatic heterocycles. The highest BCUT2D eigenvalue weighted by molar-refractivity contribution is 5.11. The Labute approximate surface area is 99.0 Å². The van der Waals surface area contributed by atoms with Crippen molar-refractivity contribution in [3.05, 3.63) is 24.0 Å². The average molecular weight is 220 g/mol. The van der Waals surface area contributed by atoms with Crippen molar-refractivity contribution in [1.82, 2.24) is 9.88 Å². The van der Waals surface area contributed by atoms with Gasteiger partial charge in [-0.2, -0.15) is 0 Å². The van der Waals surface area contributed by atoms with Gasteiger partial charge in [0.2, 0.25) is 0 Å². The molecule has 1 N–H and O–H groups in total. The van der Waals surface area contributed by atoms with E-state index in [9.17, 15) is 0 Å². The van der Waals surface area contributed by atoms with Crippen LogP contribution >= 0.6 is 0 Å². The summed E-state index contributed by atoms with van der Waals surface area (Å²) >= 11 is 0. The van der Waals surface area contributed by atoms with Gasteiger partial charge in [0, 0.05) is 31.0 Å². The predicted octanol–water partition coefficient (Wildman–Crippen LogP) is 3.18. The number of rotatable bonds is 6. The molecule has 2 heteroatoms. The average Bonchev–Trinajstić information content (AvgIpc) is 3.00. The summed E-state index contributed by atoms with van der Waals surface area (Å²) in [6, 6.07) is 2.23. The number of hydrogen-bond acceptors (Lipinski definition) is 1. The van der Waals surface area contributed by atoms with E-state index in [4.69, 9.17) is 0 Å². The zero-order valence-corrected chi connectivity index (χ0v) is 10.8. The molecule has 1 aliphatic rings. The van der Waals surface area contributed by atoms with Crippen LogP contribution in [0.2, 0.25) is 0 Å². The Bertz CT molecular complexity index is 334. The summed E-state index contributed by atoms with van der Waals surface area (Å²) in [5.41, 5.74) is 1.72. The standard InChI is InChI=1S/C14H24N2/c1-4-8-16-9-7-12(11-16)10-15-14(2,3)13-5-6-13/h7,9,11,13,15H,4-6,8,10H2,1-3H3. The number of aryl methyl sites for hydroxylation is 1. The molecule has 0 bridgehead atoms. The normalized spacial score (nSPS) is 16.7. The fraction of sp³-hybridized carbons (Fsp3) is 0.714. The molecule has 1 saturated carbocycles. The van der Waals surface area contributed by atoms with E-state index in [1.165, 1.54) is 24.8 Å². The van der Waals surface area contributed by atoms with Gasteiger partial charge in [0.25, 0.3) is 0 Å². The lowest BCUT2D eigenvalue weighted by atomic mass is 9.98. The Kier molecular flexibility index (Phi) is 3.38. The van der Waals surface area contributed by atoms with Crippen LogP contribution in [-0.4, -0.2) is 10.1 Å². The summed E-state index contributed by atoms with van der Waals surface area (Å²) in [4.78, 5) is 0. The van der Waals surface area contributed by atoms with E-state index in [2.05, 4.69) is 49.1 Å². The van der Waals surface area contributed by atoms with Crippen molar-refractivity contribution in [2.24, 2.45) is 5.92 Å². The third-order valence-electron chi connectivity index (χ3n) is 3.64. The lowest BCUT2D eigenvalue weighted by Gasteiger charge is -2.26. The van der Waals surface area contributed by atoms with E-state index < -0.39 is 0 Å². The Morgan fingerprint density at radius 3 is 2.81 bits per heavy atom. The summed E-state index contributed by atoms with van der Waals surface area (Å²) in [6.07, 6.45) is 8.45. The first-order valence-corrected chi connectivity index (χ1v) is 6.51. The number of nitrogens with one attached hydrogen (secondary N) is 1. The zero-order valence-electron chi connectivity index (χ0n) is 10.8. The van der Waals surface area contributed by atoms with Gasteiger partial charge < -0.3 is 9.88 Å². The lowest BCUT2D eigenvalue weighted by Crippen LogP contribution is -2.40. The maximum atomic E-state index is 3.68. The van der Waals surface area contributed by atoms with Crippen molar-refractivity contribution < 1.29 is 0 Å². The predicted molar refractivity (Wildman–Crippen MR) is 68.4 cm³/mol. The highest BCUT2D eigenvalue weighted by Crippen LogP contribution is 2.39. The molecule has 0 aliphatic heterocycles. The van der Waals surface area contributed by atoms with Crippen molar-refractivity contribution in [3.8, 4) is 0 Å². The molecule has 0 atom stereocenters. The molecule has 0 radical (unpaired) electrons. The maximum absolute atomic E-state index is 3.68. The maximum Gasteiger partial charge on any atom is 0.0225 e.